The van der Waals surface area contributed by atoms with Crippen molar-refractivity contribution in [2.75, 3.05) is 19.9 Å². The fourth-order valence-electron chi connectivity index (χ4n) is 5.52. The van der Waals surface area contributed by atoms with E-state index in [9.17, 15) is 41.0 Å². The maximum absolute atomic E-state index is 13.6. The van der Waals surface area contributed by atoms with Crippen molar-refractivity contribution < 1.29 is 55.2 Å². The van der Waals surface area contributed by atoms with Crippen LogP contribution in [0.25, 0.3) is 0 Å². The third kappa shape index (κ3) is 6.16. The minimum Gasteiger partial charge on any atom is -0.489 e. The van der Waals surface area contributed by atoms with Crippen LogP contribution in [-0.2, 0) is 28.8 Å². The molecule has 3 amide bonds. The number of benzene rings is 2. The van der Waals surface area contributed by atoms with Gasteiger partial charge in [-0.3, -0.25) is 9.69 Å². The Morgan fingerprint density at radius 3 is 2.09 bits per heavy atom. The summed E-state index contributed by atoms with van der Waals surface area (Å²) in [4.78, 5) is 27.3. The van der Waals surface area contributed by atoms with Crippen LogP contribution in [0.2, 0.25) is 0 Å². The van der Waals surface area contributed by atoms with E-state index < -0.39 is 41.0 Å². The van der Waals surface area contributed by atoms with Gasteiger partial charge in [0.2, 0.25) is 6.79 Å². The molecule has 246 valence electrons. The second kappa shape index (κ2) is 12.8. The number of halogens is 6. The lowest BCUT2D eigenvalue weighted by Gasteiger charge is -2.33. The van der Waals surface area contributed by atoms with Crippen LogP contribution in [0.1, 0.15) is 62.3 Å². The highest BCUT2D eigenvalue weighted by Crippen LogP contribution is 2.51. The van der Waals surface area contributed by atoms with E-state index >= 15 is 0 Å². The zero-order chi connectivity index (χ0) is 33.2. The molecule has 4 rings (SSSR count). The number of amides is 3. The highest BCUT2D eigenvalue weighted by Gasteiger charge is 2.71. The van der Waals surface area contributed by atoms with Crippen LogP contribution in [0.4, 0.5) is 31.1 Å². The lowest BCUT2D eigenvalue weighted by molar-refractivity contribution is -0.376. The summed E-state index contributed by atoms with van der Waals surface area (Å²) in [6.07, 6.45) is -7.82. The maximum Gasteiger partial charge on any atom is 0.430 e. The van der Waals surface area contributed by atoms with E-state index in [0.29, 0.717) is 42.0 Å². The highest BCUT2D eigenvalue weighted by molar-refractivity contribution is 6.07. The number of alkyl halides is 6. The van der Waals surface area contributed by atoms with Gasteiger partial charge in [-0.1, -0.05) is 45.8 Å². The number of aliphatic hydroxyl groups is 1. The first-order chi connectivity index (χ1) is 21.1. The number of ether oxygens (including phenoxy) is 3. The monoisotopic (exact) mass is 644 g/mol. The van der Waals surface area contributed by atoms with Crippen molar-refractivity contribution in [1.29, 1.82) is 0 Å². The number of aryl methyl sites for hydroxylation is 2. The average molecular weight is 645 g/mol. The first-order valence-electron chi connectivity index (χ1n) is 14.5. The normalized spacial score (nSPS) is 18.7. The van der Waals surface area contributed by atoms with E-state index in [1.807, 2.05) is 0 Å². The molecule has 0 aliphatic carbocycles. The summed E-state index contributed by atoms with van der Waals surface area (Å²) in [6.45, 7) is 4.94. The number of carbonyl (C=O) groups is 2. The number of urea groups is 1. The van der Waals surface area contributed by atoms with Crippen LogP contribution in [-0.4, -0.2) is 54.2 Å². The molecule has 45 heavy (non-hydrogen) atoms. The molecule has 1 unspecified atom stereocenters. The molecule has 1 atom stereocenters. The Morgan fingerprint density at radius 1 is 0.933 bits per heavy atom. The molecule has 0 aromatic heterocycles. The molecule has 2 aromatic rings. The van der Waals surface area contributed by atoms with Crippen LogP contribution in [0.3, 0.4) is 0 Å². The van der Waals surface area contributed by atoms with Gasteiger partial charge >= 0.3 is 18.4 Å². The van der Waals surface area contributed by atoms with Gasteiger partial charge in [0.05, 0.1) is 0 Å². The number of nitrogens with one attached hydrogen (secondary N) is 1. The molecule has 2 N–H and O–H groups in total. The van der Waals surface area contributed by atoms with Gasteiger partial charge < -0.3 is 24.6 Å². The lowest BCUT2D eigenvalue weighted by Crippen LogP contribution is -2.54. The van der Waals surface area contributed by atoms with Gasteiger partial charge in [-0.15, -0.1) is 0 Å². The van der Waals surface area contributed by atoms with Crippen molar-refractivity contribution in [2.45, 2.75) is 76.4 Å². The Labute approximate surface area is 255 Å². The Kier molecular flexibility index (Phi) is 9.67. The highest BCUT2D eigenvalue weighted by atomic mass is 19.4. The summed E-state index contributed by atoms with van der Waals surface area (Å²) >= 11 is 0. The number of imide groups is 1. The zero-order valence-electron chi connectivity index (χ0n) is 24.9. The number of carbonyl (C=O) groups excluding carboxylic acids is 2. The third-order valence-corrected chi connectivity index (χ3v) is 7.87. The molecular formula is C31H34F6N2O6. The summed E-state index contributed by atoms with van der Waals surface area (Å²) in [7, 11) is 0. The van der Waals surface area contributed by atoms with E-state index in [1.54, 1.807) is 39.0 Å². The molecule has 0 saturated carbocycles. The number of hydrogen-bond donors (Lipinski definition) is 2. The van der Waals surface area contributed by atoms with Crippen molar-refractivity contribution in [2.24, 2.45) is 0 Å². The number of hydrogen-bond acceptors (Lipinski definition) is 6. The van der Waals surface area contributed by atoms with Crippen LogP contribution in [0.5, 0.6) is 17.2 Å². The molecule has 2 aliphatic heterocycles. The summed E-state index contributed by atoms with van der Waals surface area (Å²) < 4.78 is 98.4. The van der Waals surface area contributed by atoms with Crippen LogP contribution < -0.4 is 19.5 Å². The molecule has 2 aliphatic rings. The number of nitrogens with zero attached hydrogens (tertiary/aromatic N) is 1. The van der Waals surface area contributed by atoms with E-state index in [-0.39, 0.29) is 56.1 Å². The Hall–Kier alpha value is -3.94. The van der Waals surface area contributed by atoms with Gasteiger partial charge in [-0.25, -0.2) is 4.79 Å². The molecule has 0 bridgehead atoms. The fraction of sp³-hybridized carbons (Fsp3) is 0.484. The molecule has 14 heteroatoms. The van der Waals surface area contributed by atoms with Crippen molar-refractivity contribution in [1.82, 2.24) is 10.2 Å². The van der Waals surface area contributed by atoms with Gasteiger partial charge in [0.1, 0.15) is 17.9 Å². The Bertz CT molecular complexity index is 1420. The predicted molar refractivity (Wildman–Crippen MR) is 150 cm³/mol. The fourth-order valence-corrected chi connectivity index (χ4v) is 5.52. The number of fused-ring (bicyclic) bond motifs is 1. The lowest BCUT2D eigenvalue weighted by atomic mass is 9.87. The minimum absolute atomic E-state index is 0.0462. The second-order valence-corrected chi connectivity index (χ2v) is 10.8. The smallest absolute Gasteiger partial charge is 0.430 e. The topological polar surface area (TPSA) is 97.3 Å². The van der Waals surface area contributed by atoms with Crippen molar-refractivity contribution >= 4 is 11.9 Å². The standard InChI is InChI=1S/C31H34F6N2O6/c1-4-9-19-15-22(29(42,30(32,33)34)31(35,36)37)16-20(10-5-2)25(19)43-14-8-7-13-39-26(40)28(6-3,38-27(39)41)21-11-12-23-24(17-21)45-18-44-23/h7-8,11-12,15-17,42H,4-6,9-10,13-14,18H2,1-3H3,(H,38,41)/b8-7-. The molecule has 1 saturated heterocycles. The molecule has 8 nitrogen and oxygen atoms in total. The van der Waals surface area contributed by atoms with Gasteiger partial charge in [0.15, 0.2) is 11.5 Å². The molecule has 2 aromatic carbocycles. The quantitative estimate of drug-likeness (QED) is 0.157. The first kappa shape index (κ1) is 33.9. The second-order valence-electron chi connectivity index (χ2n) is 10.8. The third-order valence-electron chi connectivity index (χ3n) is 7.87. The summed E-state index contributed by atoms with van der Waals surface area (Å²) in [5.41, 5.74) is -6.99. The largest absolute Gasteiger partial charge is 0.489 e. The van der Waals surface area contributed by atoms with Gasteiger partial charge in [0.25, 0.3) is 11.5 Å². The van der Waals surface area contributed by atoms with E-state index in [0.717, 1.165) is 4.90 Å². The van der Waals surface area contributed by atoms with Crippen molar-refractivity contribution in [3.63, 3.8) is 0 Å². The predicted octanol–water partition coefficient (Wildman–Crippen LogP) is 6.42. The molecule has 2 heterocycles. The summed E-state index contributed by atoms with van der Waals surface area (Å²) in [5, 5.41) is 12.8. The van der Waals surface area contributed by atoms with E-state index in [2.05, 4.69) is 5.32 Å². The van der Waals surface area contributed by atoms with Crippen LogP contribution in [0, 0.1) is 0 Å². The van der Waals surface area contributed by atoms with Crippen molar-refractivity contribution in [3.05, 3.63) is 64.7 Å². The van der Waals surface area contributed by atoms with Gasteiger partial charge in [-0.2, -0.15) is 26.3 Å². The van der Waals surface area contributed by atoms with Gasteiger partial charge in [-0.05, 0) is 66.3 Å². The van der Waals surface area contributed by atoms with E-state index in [4.69, 9.17) is 14.2 Å². The zero-order valence-corrected chi connectivity index (χ0v) is 24.9. The van der Waals surface area contributed by atoms with Crippen molar-refractivity contribution in [3.8, 4) is 17.2 Å². The van der Waals surface area contributed by atoms with Gasteiger partial charge in [0, 0.05) is 12.1 Å². The SMILES string of the molecule is CCCc1cc(C(O)(C(F)(F)F)C(F)(F)F)cc(CCC)c1OC/C=C\CN1C(=O)NC(CC)(c2ccc3c(c2)OCO3)C1=O. The number of rotatable bonds is 12. The molecule has 0 radical (unpaired) electrons. The first-order valence-corrected chi connectivity index (χ1v) is 14.5. The van der Waals surface area contributed by atoms with Crippen LogP contribution >= 0.6 is 0 Å². The van der Waals surface area contributed by atoms with Crippen LogP contribution in [0.15, 0.2) is 42.5 Å². The summed E-state index contributed by atoms with van der Waals surface area (Å²) in [5.74, 6) is 0.628. The summed E-state index contributed by atoms with van der Waals surface area (Å²) in [6, 6.07) is 5.76. The molecule has 1 fully saturated rings. The Balaban J connectivity index is 1.53. The average Bonchev–Trinajstić information content (AvgIpc) is 3.54. The molecular weight excluding hydrogens is 610 g/mol. The maximum atomic E-state index is 13.6. The Morgan fingerprint density at radius 2 is 1.53 bits per heavy atom. The van der Waals surface area contributed by atoms with E-state index in [1.165, 1.54) is 12.2 Å². The minimum atomic E-state index is -6.01. The molecule has 0 spiro atoms.